The van der Waals surface area contributed by atoms with E-state index in [-0.39, 0.29) is 5.91 Å². The van der Waals surface area contributed by atoms with Gasteiger partial charge in [0, 0.05) is 21.8 Å². The molecule has 2 rings (SSSR count). The minimum absolute atomic E-state index is 0.188. The van der Waals surface area contributed by atoms with Gasteiger partial charge in [0.1, 0.15) is 0 Å². The maximum atomic E-state index is 12.2. The smallest absolute Gasteiger partial charge is 0.248 e. The van der Waals surface area contributed by atoms with E-state index in [0.717, 1.165) is 22.4 Å². The number of amides is 1. The molecule has 120 valence electrons. The third-order valence-corrected chi connectivity index (χ3v) is 4.11. The number of halogens is 2. The molecular formula is C19H19Cl2NO. The van der Waals surface area contributed by atoms with Crippen LogP contribution in [0.2, 0.25) is 10.0 Å². The third kappa shape index (κ3) is 4.60. The molecule has 0 aliphatic rings. The molecule has 0 atom stereocenters. The van der Waals surface area contributed by atoms with Crippen molar-refractivity contribution in [2.24, 2.45) is 0 Å². The largest absolute Gasteiger partial charge is 0.322 e. The summed E-state index contributed by atoms with van der Waals surface area (Å²) in [4.78, 5) is 12.2. The van der Waals surface area contributed by atoms with Crippen LogP contribution in [0, 0.1) is 6.92 Å². The quantitative estimate of drug-likeness (QED) is 0.667. The number of aryl methyl sites for hydroxylation is 1. The molecule has 0 spiro atoms. The first-order valence-electron chi connectivity index (χ1n) is 7.42. The van der Waals surface area contributed by atoms with Crippen molar-refractivity contribution in [2.75, 3.05) is 5.32 Å². The fraction of sp³-hybridized carbons (Fsp3) is 0.211. The van der Waals surface area contributed by atoms with Crippen molar-refractivity contribution < 1.29 is 4.79 Å². The number of rotatable bonds is 4. The molecule has 0 radical (unpaired) electrons. The second-order valence-electron chi connectivity index (χ2n) is 5.68. The normalized spacial score (nSPS) is 11.2. The summed E-state index contributed by atoms with van der Waals surface area (Å²) in [6.07, 6.45) is 3.16. The van der Waals surface area contributed by atoms with Crippen LogP contribution in [0.25, 0.3) is 6.08 Å². The monoisotopic (exact) mass is 347 g/mol. The summed E-state index contributed by atoms with van der Waals surface area (Å²) in [6, 6.07) is 11.2. The highest BCUT2D eigenvalue weighted by molar-refractivity contribution is 6.35. The Morgan fingerprint density at radius 3 is 2.57 bits per heavy atom. The first kappa shape index (κ1) is 17.6. The van der Waals surface area contributed by atoms with E-state index < -0.39 is 0 Å². The zero-order valence-corrected chi connectivity index (χ0v) is 14.9. The van der Waals surface area contributed by atoms with E-state index in [1.807, 2.05) is 25.1 Å². The molecule has 0 heterocycles. The van der Waals surface area contributed by atoms with Crippen molar-refractivity contribution in [1.82, 2.24) is 0 Å². The highest BCUT2D eigenvalue weighted by Gasteiger charge is 2.10. The molecule has 0 aliphatic carbocycles. The Kier molecular flexibility index (Phi) is 5.86. The second kappa shape index (κ2) is 7.67. The van der Waals surface area contributed by atoms with Crippen molar-refractivity contribution in [3.8, 4) is 0 Å². The van der Waals surface area contributed by atoms with Gasteiger partial charge in [-0.1, -0.05) is 61.3 Å². The lowest BCUT2D eigenvalue weighted by Crippen LogP contribution is -2.11. The van der Waals surface area contributed by atoms with Crippen LogP contribution < -0.4 is 5.32 Å². The van der Waals surface area contributed by atoms with Gasteiger partial charge < -0.3 is 5.32 Å². The van der Waals surface area contributed by atoms with E-state index >= 15 is 0 Å². The van der Waals surface area contributed by atoms with Gasteiger partial charge in [-0.3, -0.25) is 4.79 Å². The fourth-order valence-corrected chi connectivity index (χ4v) is 2.78. The van der Waals surface area contributed by atoms with Crippen molar-refractivity contribution in [3.63, 3.8) is 0 Å². The van der Waals surface area contributed by atoms with E-state index in [0.29, 0.717) is 16.0 Å². The molecule has 0 aromatic heterocycles. The van der Waals surface area contributed by atoms with Gasteiger partial charge in [-0.25, -0.2) is 0 Å². The minimum atomic E-state index is -0.188. The zero-order valence-electron chi connectivity index (χ0n) is 13.4. The van der Waals surface area contributed by atoms with Crippen LogP contribution in [0.5, 0.6) is 0 Å². The average Bonchev–Trinajstić information content (AvgIpc) is 2.48. The number of benzene rings is 2. The van der Waals surface area contributed by atoms with Gasteiger partial charge >= 0.3 is 0 Å². The Hall–Kier alpha value is -1.77. The topological polar surface area (TPSA) is 29.1 Å². The molecule has 0 bridgehead atoms. The fourth-order valence-electron chi connectivity index (χ4n) is 2.31. The highest BCUT2D eigenvalue weighted by atomic mass is 35.5. The van der Waals surface area contributed by atoms with Gasteiger partial charge in [0.05, 0.1) is 0 Å². The molecule has 4 heteroatoms. The molecule has 1 amide bonds. The van der Waals surface area contributed by atoms with Crippen LogP contribution in [0.15, 0.2) is 42.5 Å². The number of hydrogen-bond acceptors (Lipinski definition) is 1. The van der Waals surface area contributed by atoms with Crippen LogP contribution in [0.3, 0.4) is 0 Å². The molecule has 1 N–H and O–H groups in total. The van der Waals surface area contributed by atoms with Crippen molar-refractivity contribution in [2.45, 2.75) is 26.7 Å². The van der Waals surface area contributed by atoms with E-state index in [4.69, 9.17) is 23.2 Å². The van der Waals surface area contributed by atoms with Crippen LogP contribution in [-0.2, 0) is 4.79 Å². The number of anilines is 1. The molecule has 0 saturated carbocycles. The Morgan fingerprint density at radius 1 is 1.17 bits per heavy atom. The number of hydrogen-bond donors (Lipinski definition) is 1. The van der Waals surface area contributed by atoms with Crippen LogP contribution in [0.4, 0.5) is 5.69 Å². The third-order valence-electron chi connectivity index (χ3n) is 3.55. The lowest BCUT2D eigenvalue weighted by molar-refractivity contribution is -0.111. The van der Waals surface area contributed by atoms with Gasteiger partial charge in [0.2, 0.25) is 5.91 Å². The number of nitrogens with one attached hydrogen (secondary N) is 1. The van der Waals surface area contributed by atoms with Crippen molar-refractivity contribution in [1.29, 1.82) is 0 Å². The van der Waals surface area contributed by atoms with E-state index in [1.54, 1.807) is 24.3 Å². The lowest BCUT2D eigenvalue weighted by Gasteiger charge is -2.15. The average molecular weight is 348 g/mol. The van der Waals surface area contributed by atoms with E-state index in [2.05, 4.69) is 19.2 Å². The highest BCUT2D eigenvalue weighted by Crippen LogP contribution is 2.27. The minimum Gasteiger partial charge on any atom is -0.322 e. The molecular weight excluding hydrogens is 329 g/mol. The van der Waals surface area contributed by atoms with Gasteiger partial charge in [0.25, 0.3) is 0 Å². The van der Waals surface area contributed by atoms with Crippen LogP contribution in [-0.4, -0.2) is 5.91 Å². The number of carbonyl (C=O) groups is 1. The molecule has 0 saturated heterocycles. The number of para-hydroxylation sites is 1. The van der Waals surface area contributed by atoms with Gasteiger partial charge in [-0.05, 0) is 47.7 Å². The summed E-state index contributed by atoms with van der Waals surface area (Å²) in [5.74, 6) is 0.145. The predicted octanol–water partition coefficient (Wildman–Crippen LogP) is 6.08. The molecule has 2 aromatic carbocycles. The Balaban J connectivity index is 2.18. The molecule has 2 nitrogen and oxygen atoms in total. The molecule has 0 aliphatic heterocycles. The van der Waals surface area contributed by atoms with Gasteiger partial charge in [0.15, 0.2) is 0 Å². The Morgan fingerprint density at radius 2 is 1.91 bits per heavy atom. The summed E-state index contributed by atoms with van der Waals surface area (Å²) in [7, 11) is 0. The maximum absolute atomic E-state index is 12.2. The molecule has 2 aromatic rings. The van der Waals surface area contributed by atoms with Crippen molar-refractivity contribution >= 4 is 40.9 Å². The Bertz CT molecular complexity index is 751. The molecule has 23 heavy (non-hydrogen) atoms. The SMILES string of the molecule is Cc1cccc(C(C)C)c1NC(=O)/C=C/c1ccc(Cl)cc1Cl. The van der Waals surface area contributed by atoms with Gasteiger partial charge in [-0.2, -0.15) is 0 Å². The predicted molar refractivity (Wildman–Crippen MR) is 99.4 cm³/mol. The summed E-state index contributed by atoms with van der Waals surface area (Å²) < 4.78 is 0. The van der Waals surface area contributed by atoms with Crippen LogP contribution >= 0.6 is 23.2 Å². The molecule has 0 unspecified atom stereocenters. The van der Waals surface area contributed by atoms with Crippen molar-refractivity contribution in [3.05, 3.63) is 69.2 Å². The van der Waals surface area contributed by atoms with E-state index in [9.17, 15) is 4.79 Å². The standard InChI is InChI=1S/C19H19Cl2NO/c1-12(2)16-6-4-5-13(3)19(16)22-18(23)10-8-14-7-9-15(20)11-17(14)21/h4-12H,1-3H3,(H,22,23)/b10-8+. The second-order valence-corrected chi connectivity index (χ2v) is 6.53. The zero-order chi connectivity index (χ0) is 17.0. The summed E-state index contributed by atoms with van der Waals surface area (Å²) >= 11 is 12.0. The maximum Gasteiger partial charge on any atom is 0.248 e. The Labute approximate surface area is 147 Å². The van der Waals surface area contributed by atoms with E-state index in [1.165, 1.54) is 6.08 Å². The number of carbonyl (C=O) groups excluding carboxylic acids is 1. The lowest BCUT2D eigenvalue weighted by atomic mass is 9.98. The molecule has 0 fully saturated rings. The van der Waals surface area contributed by atoms with Gasteiger partial charge in [-0.15, -0.1) is 0 Å². The summed E-state index contributed by atoms with van der Waals surface area (Å²) in [5.41, 5.74) is 3.79. The first-order valence-corrected chi connectivity index (χ1v) is 8.17. The summed E-state index contributed by atoms with van der Waals surface area (Å²) in [6.45, 7) is 6.20. The van der Waals surface area contributed by atoms with Crippen LogP contribution in [0.1, 0.15) is 36.5 Å². The summed E-state index contributed by atoms with van der Waals surface area (Å²) in [5, 5.41) is 4.05. The first-order chi connectivity index (χ1) is 10.9.